The lowest BCUT2D eigenvalue weighted by atomic mass is 10.0. The van der Waals surface area contributed by atoms with Gasteiger partial charge in [0.2, 0.25) is 12.2 Å². The molecule has 0 aliphatic heterocycles. The van der Waals surface area contributed by atoms with Crippen molar-refractivity contribution in [1.82, 2.24) is 0 Å². The van der Waals surface area contributed by atoms with Gasteiger partial charge in [-0.2, -0.15) is 4.57 Å². The van der Waals surface area contributed by atoms with Gasteiger partial charge < -0.3 is 5.11 Å². The zero-order chi connectivity index (χ0) is 20.7. The Bertz CT molecular complexity index is 921. The van der Waals surface area contributed by atoms with Crippen LogP contribution in [0, 0.1) is 17.2 Å². The van der Waals surface area contributed by atoms with E-state index in [-0.39, 0.29) is 6.54 Å². The summed E-state index contributed by atoms with van der Waals surface area (Å²) in [6.07, 6.45) is 0. The average molecular weight is 404 g/mol. The molecular weight excluding hydrogens is 386 g/mol. The Morgan fingerprint density at radius 2 is 1.32 bits per heavy atom. The minimum atomic E-state index is -4.94. The summed E-state index contributed by atoms with van der Waals surface area (Å²) >= 11 is 0. The van der Waals surface area contributed by atoms with E-state index < -0.39 is 16.2 Å². The summed E-state index contributed by atoms with van der Waals surface area (Å²) in [5, 5.41) is 9.23. The van der Waals surface area contributed by atoms with Gasteiger partial charge in [0, 0.05) is 24.6 Å². The second-order valence-electron chi connectivity index (χ2n) is 5.86. The van der Waals surface area contributed by atoms with Crippen LogP contribution in [0.2, 0.25) is 0 Å². The predicted molar refractivity (Wildman–Crippen MR) is 89.9 cm³/mol. The molecule has 1 heterocycles. The summed E-state index contributed by atoms with van der Waals surface area (Å²) in [4.78, 5) is 11.2. The zero-order valence-electron chi connectivity index (χ0n) is 14.9. The summed E-state index contributed by atoms with van der Waals surface area (Å²) in [5.41, 5.74) is 5.05. The van der Waals surface area contributed by atoms with Gasteiger partial charge in [-0.1, -0.05) is 48.5 Å². The molecule has 146 valence electrons. The monoisotopic (exact) mass is 403 g/mol. The smallest absolute Gasteiger partial charge is 0.370 e. The number of carbonyl (C=O) groups is 1. The Hall–Kier alpha value is -2.81. The fourth-order valence-electron chi connectivity index (χ4n) is 2.75. The van der Waals surface area contributed by atoms with Crippen LogP contribution >= 0.6 is 0 Å². The van der Waals surface area contributed by atoms with Gasteiger partial charge in [0.15, 0.2) is 5.69 Å². The van der Waals surface area contributed by atoms with Crippen molar-refractivity contribution in [3.05, 3.63) is 78.5 Å². The van der Waals surface area contributed by atoms with Crippen LogP contribution in [0.5, 0.6) is 0 Å². The molecule has 8 heteroatoms. The molecule has 0 bridgehead atoms. The van der Waals surface area contributed by atoms with Crippen LogP contribution in [0.1, 0.15) is 5.69 Å². The van der Waals surface area contributed by atoms with E-state index in [1.807, 2.05) is 66.1 Å². The first kappa shape index (κ1) is 21.5. The second-order valence-corrected chi connectivity index (χ2v) is 6.62. The molecule has 1 aromatic heterocycles. The first-order valence-corrected chi connectivity index (χ1v) is 9.37. The highest BCUT2D eigenvalue weighted by atomic mass is 35.7. The lowest BCUT2D eigenvalue weighted by Crippen LogP contribution is -2.68. The molecule has 0 unspecified atom stereocenters. The van der Waals surface area contributed by atoms with Crippen LogP contribution in [-0.2, 0) is 11.3 Å². The van der Waals surface area contributed by atoms with Crippen LogP contribution in [0.25, 0.3) is 22.4 Å². The molecule has 3 aromatic rings. The lowest BCUT2D eigenvalue weighted by Gasteiger charge is -2.17. The third kappa shape index (κ3) is 6.73. The fraction of sp³-hybridized carbons (Fsp3) is 0.100. The number of hydrogen-bond donors (Lipinski definition) is 1. The maximum Gasteiger partial charge on any atom is 0.370 e. The molecule has 0 aliphatic rings. The number of hydrogen-bond acceptors (Lipinski definition) is 5. The standard InChI is InChI=1S/C20H17NO2.ClHO4/c1-15-12-18(16-8-4-2-5-9-16)13-19(21(15)14-20(22)23)17-10-6-3-7-11-17;2-1(3,4)5/h2-13H,14H2,1H3;(H,2,3,4,5). The number of aromatic nitrogens is 1. The number of aryl methyl sites for hydroxylation is 1. The molecule has 1 N–H and O–H groups in total. The van der Waals surface area contributed by atoms with Crippen molar-refractivity contribution in [3.8, 4) is 22.4 Å². The highest BCUT2D eigenvalue weighted by molar-refractivity contribution is 5.70. The van der Waals surface area contributed by atoms with Gasteiger partial charge in [0.1, 0.15) is 0 Å². The number of aliphatic carboxylic acids is 1. The minimum absolute atomic E-state index is 0.0505. The quantitative estimate of drug-likeness (QED) is 0.552. The molecule has 0 amide bonds. The Morgan fingerprint density at radius 1 is 0.857 bits per heavy atom. The summed E-state index contributed by atoms with van der Waals surface area (Å²) < 4.78 is 35.8. The number of carboxylic acid groups (broad SMARTS) is 1. The number of benzene rings is 2. The van der Waals surface area contributed by atoms with Crippen LogP contribution < -0.4 is 23.2 Å². The van der Waals surface area contributed by atoms with E-state index in [9.17, 15) is 9.90 Å². The first-order chi connectivity index (χ1) is 13.1. The van der Waals surface area contributed by atoms with Crippen molar-refractivity contribution in [2.45, 2.75) is 13.5 Å². The van der Waals surface area contributed by atoms with Crippen molar-refractivity contribution in [2.75, 3.05) is 0 Å². The molecular formula is C20H18ClNO6. The third-order valence-corrected chi connectivity index (χ3v) is 3.84. The van der Waals surface area contributed by atoms with Gasteiger partial charge in [-0.05, 0) is 23.3 Å². The van der Waals surface area contributed by atoms with Crippen LogP contribution in [0.3, 0.4) is 0 Å². The van der Waals surface area contributed by atoms with Gasteiger partial charge >= 0.3 is 5.97 Å². The fourth-order valence-corrected chi connectivity index (χ4v) is 2.75. The Labute approximate surface area is 164 Å². The van der Waals surface area contributed by atoms with Gasteiger partial charge in [0.05, 0.1) is 0 Å². The average Bonchev–Trinajstić information content (AvgIpc) is 2.63. The van der Waals surface area contributed by atoms with Crippen molar-refractivity contribution in [3.63, 3.8) is 0 Å². The Morgan fingerprint density at radius 3 is 1.79 bits per heavy atom. The van der Waals surface area contributed by atoms with Crippen molar-refractivity contribution in [1.29, 1.82) is 0 Å². The molecule has 0 spiro atoms. The second kappa shape index (κ2) is 9.41. The molecule has 7 nitrogen and oxygen atoms in total. The number of rotatable bonds is 4. The van der Waals surface area contributed by atoms with Gasteiger partial charge in [-0.3, -0.25) is 0 Å². The normalized spacial score (nSPS) is 10.8. The Kier molecular flexibility index (Phi) is 7.22. The molecule has 28 heavy (non-hydrogen) atoms. The highest BCUT2D eigenvalue weighted by Gasteiger charge is 2.21. The van der Waals surface area contributed by atoms with Gasteiger partial charge in [0.25, 0.3) is 0 Å². The molecule has 0 fully saturated rings. The largest absolute Gasteiger partial charge is 0.477 e. The van der Waals surface area contributed by atoms with Gasteiger partial charge in [-0.15, -0.1) is 10.2 Å². The van der Waals surface area contributed by atoms with Crippen LogP contribution in [0.15, 0.2) is 72.8 Å². The SMILES string of the molecule is Cc1cc(-c2ccccc2)cc(-c2ccccc2)[n+]1CC(=O)O.[O-][Cl+3]([O-])([O-])[O-]. The highest BCUT2D eigenvalue weighted by Crippen LogP contribution is 2.24. The molecule has 2 aromatic carbocycles. The van der Waals surface area contributed by atoms with Crippen LogP contribution in [-0.4, -0.2) is 11.1 Å². The minimum Gasteiger partial charge on any atom is -0.477 e. The van der Waals surface area contributed by atoms with Crippen LogP contribution in [0.4, 0.5) is 0 Å². The topological polar surface area (TPSA) is 133 Å². The van der Waals surface area contributed by atoms with E-state index in [1.165, 1.54) is 0 Å². The van der Waals surface area contributed by atoms with Gasteiger partial charge in [-0.25, -0.2) is 23.4 Å². The van der Waals surface area contributed by atoms with E-state index in [4.69, 9.17) is 18.6 Å². The van der Waals surface area contributed by atoms with Crippen molar-refractivity contribution in [2.24, 2.45) is 0 Å². The maximum absolute atomic E-state index is 11.2. The first-order valence-electron chi connectivity index (χ1n) is 8.14. The van der Waals surface area contributed by atoms with E-state index in [1.54, 1.807) is 0 Å². The van der Waals surface area contributed by atoms with E-state index in [2.05, 4.69) is 18.2 Å². The van der Waals surface area contributed by atoms with Crippen molar-refractivity contribution < 1.29 is 43.3 Å². The summed E-state index contributed by atoms with van der Waals surface area (Å²) in [5.74, 6) is -0.845. The summed E-state index contributed by atoms with van der Waals surface area (Å²) in [7, 11) is -4.94. The summed E-state index contributed by atoms with van der Waals surface area (Å²) in [6.45, 7) is 1.90. The Balaban J connectivity index is 0.000000500. The van der Waals surface area contributed by atoms with E-state index in [0.717, 1.165) is 28.1 Å². The zero-order valence-corrected chi connectivity index (χ0v) is 15.7. The van der Waals surface area contributed by atoms with E-state index >= 15 is 0 Å². The maximum atomic E-state index is 11.2. The molecule has 0 saturated carbocycles. The number of carboxylic acids is 1. The number of pyridine rings is 1. The third-order valence-electron chi connectivity index (χ3n) is 3.84. The number of nitrogens with zero attached hydrogens (tertiary/aromatic N) is 1. The molecule has 0 aliphatic carbocycles. The molecule has 0 saturated heterocycles. The lowest BCUT2D eigenvalue weighted by molar-refractivity contribution is -2.00. The molecule has 0 radical (unpaired) electrons. The van der Waals surface area contributed by atoms with E-state index in [0.29, 0.717) is 0 Å². The molecule has 0 atom stereocenters. The summed E-state index contributed by atoms with van der Waals surface area (Å²) in [6, 6.07) is 24.1. The van der Waals surface area contributed by atoms with Crippen molar-refractivity contribution >= 4 is 5.97 Å². The number of halogens is 1. The predicted octanol–water partition coefficient (Wildman–Crippen LogP) is -1.05. The molecule has 3 rings (SSSR count).